The molecule has 0 aromatic rings. The molecule has 17 nitrogen and oxygen atoms in total. The monoisotopic (exact) mass is 876 g/mol. The van der Waals surface area contributed by atoms with E-state index in [-0.39, 0.29) is 19.3 Å². The maximum atomic E-state index is 12.6. The number of hydrogen-bond acceptors (Lipinski definition) is 15. The number of unbranched alkanes of at least 4 members (excludes halogenated alkanes) is 16. The van der Waals surface area contributed by atoms with Crippen molar-refractivity contribution in [1.82, 2.24) is 0 Å². The predicted octanol–water partition coefficient (Wildman–Crippen LogP) is 8.19. The van der Waals surface area contributed by atoms with Gasteiger partial charge in [-0.1, -0.05) is 124 Å². The third kappa shape index (κ3) is 36.0. The van der Waals surface area contributed by atoms with Gasteiger partial charge in [-0.05, 0) is 19.3 Å². The van der Waals surface area contributed by atoms with Crippen molar-refractivity contribution in [1.29, 1.82) is 0 Å². The number of esters is 4. The van der Waals surface area contributed by atoms with Crippen LogP contribution in [0.3, 0.4) is 0 Å². The van der Waals surface area contributed by atoms with Crippen LogP contribution in [0.4, 0.5) is 0 Å². The zero-order valence-electron chi connectivity index (χ0n) is 35.5. The number of rotatable bonds is 40. The molecule has 19 heteroatoms. The summed E-state index contributed by atoms with van der Waals surface area (Å²) in [5, 5.41) is 10.2. The van der Waals surface area contributed by atoms with E-state index in [1.807, 2.05) is 0 Å². The number of carbonyl (C=O) groups excluding carboxylic acids is 4. The van der Waals surface area contributed by atoms with Crippen LogP contribution >= 0.6 is 15.6 Å². The van der Waals surface area contributed by atoms with Gasteiger partial charge in [0.15, 0.2) is 12.2 Å². The molecule has 342 valence electrons. The molecule has 0 saturated heterocycles. The summed E-state index contributed by atoms with van der Waals surface area (Å²) < 4.78 is 65.3. The largest absolute Gasteiger partial charge is 0.472 e. The molecule has 2 unspecified atom stereocenters. The smallest absolute Gasteiger partial charge is 0.462 e. The number of carbonyl (C=O) groups is 4. The Bertz CT molecular complexity index is 1190. The van der Waals surface area contributed by atoms with E-state index in [2.05, 4.69) is 20.8 Å². The Kier molecular flexibility index (Phi) is 34.6. The lowest BCUT2D eigenvalue weighted by Crippen LogP contribution is -2.30. The number of ether oxygens (including phenoxy) is 4. The highest BCUT2D eigenvalue weighted by atomic mass is 31.2. The van der Waals surface area contributed by atoms with Gasteiger partial charge in [-0.25, -0.2) is 9.13 Å². The van der Waals surface area contributed by atoms with E-state index in [9.17, 15) is 43.2 Å². The number of hydrogen-bond donors (Lipinski definition) is 3. The van der Waals surface area contributed by atoms with Crippen LogP contribution in [0.25, 0.3) is 0 Å². The molecule has 0 aliphatic rings. The molecule has 0 amide bonds. The first-order valence-corrected chi connectivity index (χ1v) is 24.2. The molecule has 0 aliphatic carbocycles. The van der Waals surface area contributed by atoms with Crippen LogP contribution in [0, 0.1) is 0 Å². The maximum Gasteiger partial charge on any atom is 0.472 e. The molecule has 0 aliphatic heterocycles. The van der Waals surface area contributed by atoms with Gasteiger partial charge in [-0.2, -0.15) is 0 Å². The second kappa shape index (κ2) is 35.8. The number of aliphatic hydroxyl groups is 1. The molecule has 5 atom stereocenters. The standard InChI is InChI=1S/C39H74O17P2/c1-5-8-11-14-17-20-21-24-37(42)50-30-36(56-39(44)26-23-19-16-13-10-7-3)32-54-58(47,48)52-28-34(41)27-51-57(45,46)53-31-35(29-49-33(4)40)55-38(43)25-22-18-15-12-9-6-2/h34-36,41H,5-32H2,1-4H3,(H,45,46)(H,47,48)/t34-,35-,36-/m1/s1. The first-order chi connectivity index (χ1) is 27.6. The number of aliphatic hydroxyl groups excluding tert-OH is 1. The van der Waals surface area contributed by atoms with E-state index in [0.29, 0.717) is 19.3 Å². The molecular weight excluding hydrogens is 802 g/mol. The van der Waals surface area contributed by atoms with Crippen LogP contribution < -0.4 is 0 Å². The maximum absolute atomic E-state index is 12.6. The molecule has 0 heterocycles. The first kappa shape index (κ1) is 56.1. The van der Waals surface area contributed by atoms with Crippen molar-refractivity contribution in [2.24, 2.45) is 0 Å². The van der Waals surface area contributed by atoms with Crippen LogP contribution in [0.1, 0.15) is 169 Å². The third-order valence-electron chi connectivity index (χ3n) is 8.66. The van der Waals surface area contributed by atoms with E-state index < -0.39 is 97.5 Å². The predicted molar refractivity (Wildman–Crippen MR) is 215 cm³/mol. The highest BCUT2D eigenvalue weighted by Gasteiger charge is 2.30. The molecule has 0 spiro atoms. The Morgan fingerprint density at radius 1 is 0.448 bits per heavy atom. The molecule has 0 aromatic heterocycles. The highest BCUT2D eigenvalue weighted by molar-refractivity contribution is 7.47. The summed E-state index contributed by atoms with van der Waals surface area (Å²) in [6.07, 6.45) is 14.6. The van der Waals surface area contributed by atoms with Gasteiger partial charge in [0, 0.05) is 26.2 Å². The fourth-order valence-electron chi connectivity index (χ4n) is 5.35. The Labute approximate surface area is 346 Å². The van der Waals surface area contributed by atoms with Crippen molar-refractivity contribution in [3.63, 3.8) is 0 Å². The molecule has 0 bridgehead atoms. The topological polar surface area (TPSA) is 237 Å². The van der Waals surface area contributed by atoms with Gasteiger partial charge in [-0.15, -0.1) is 0 Å². The minimum atomic E-state index is -4.90. The Hall–Kier alpha value is -1.94. The van der Waals surface area contributed by atoms with Gasteiger partial charge < -0.3 is 33.8 Å². The van der Waals surface area contributed by atoms with E-state index in [1.54, 1.807) is 0 Å². The van der Waals surface area contributed by atoms with Crippen molar-refractivity contribution >= 4 is 39.5 Å². The SMILES string of the molecule is CCCCCCCCCC(=O)OC[C@H](COP(=O)(O)OC[C@H](O)COP(=O)(O)OC[C@@H](COC(C)=O)OC(=O)CCCCCCCC)OC(=O)CCCCCCCC. The lowest BCUT2D eigenvalue weighted by atomic mass is 10.1. The van der Waals surface area contributed by atoms with Gasteiger partial charge >= 0.3 is 39.5 Å². The average molecular weight is 877 g/mol. The summed E-state index contributed by atoms with van der Waals surface area (Å²) in [4.78, 5) is 68.8. The van der Waals surface area contributed by atoms with Gasteiger partial charge in [0.05, 0.1) is 26.4 Å². The summed E-state index contributed by atoms with van der Waals surface area (Å²) in [5.41, 5.74) is 0. The quantitative estimate of drug-likeness (QED) is 0.0228. The molecule has 0 aromatic carbocycles. The lowest BCUT2D eigenvalue weighted by Gasteiger charge is -2.21. The third-order valence-corrected chi connectivity index (χ3v) is 10.6. The summed E-state index contributed by atoms with van der Waals surface area (Å²) in [7, 11) is -9.78. The fourth-order valence-corrected chi connectivity index (χ4v) is 6.93. The first-order valence-electron chi connectivity index (χ1n) is 21.2. The molecule has 0 rings (SSSR count). The Balaban J connectivity index is 4.96. The molecule has 58 heavy (non-hydrogen) atoms. The Morgan fingerprint density at radius 3 is 1.12 bits per heavy atom. The van der Waals surface area contributed by atoms with Crippen molar-refractivity contribution in [3.8, 4) is 0 Å². The Morgan fingerprint density at radius 2 is 0.759 bits per heavy atom. The van der Waals surface area contributed by atoms with Crippen molar-refractivity contribution in [2.45, 2.75) is 187 Å². The normalized spacial score (nSPS) is 15.1. The fraction of sp³-hybridized carbons (Fsp3) is 0.897. The van der Waals surface area contributed by atoms with Crippen molar-refractivity contribution in [2.75, 3.05) is 39.6 Å². The van der Waals surface area contributed by atoms with Gasteiger partial charge in [0.25, 0.3) is 0 Å². The minimum absolute atomic E-state index is 0.0957. The van der Waals surface area contributed by atoms with Crippen molar-refractivity contribution < 1.29 is 80.2 Å². The lowest BCUT2D eigenvalue weighted by molar-refractivity contribution is -0.161. The van der Waals surface area contributed by atoms with E-state index in [1.165, 1.54) is 6.42 Å². The van der Waals surface area contributed by atoms with Crippen LogP contribution in [0.2, 0.25) is 0 Å². The van der Waals surface area contributed by atoms with E-state index in [4.69, 9.17) is 37.0 Å². The molecule has 0 saturated carbocycles. The van der Waals surface area contributed by atoms with Crippen molar-refractivity contribution in [3.05, 3.63) is 0 Å². The van der Waals surface area contributed by atoms with Crippen LogP contribution in [0.15, 0.2) is 0 Å². The van der Waals surface area contributed by atoms with Crippen LogP contribution in [-0.2, 0) is 65.4 Å². The molecular formula is C39H74O17P2. The second-order valence-electron chi connectivity index (χ2n) is 14.4. The molecule has 0 radical (unpaired) electrons. The average Bonchev–Trinajstić information content (AvgIpc) is 3.17. The van der Waals surface area contributed by atoms with Gasteiger partial charge in [0.1, 0.15) is 19.3 Å². The summed E-state index contributed by atoms with van der Waals surface area (Å²) in [6.45, 7) is 3.47. The minimum Gasteiger partial charge on any atom is -0.462 e. The molecule has 0 fully saturated rings. The van der Waals surface area contributed by atoms with E-state index in [0.717, 1.165) is 103 Å². The zero-order chi connectivity index (χ0) is 43.5. The van der Waals surface area contributed by atoms with E-state index >= 15 is 0 Å². The summed E-state index contributed by atoms with van der Waals surface area (Å²) in [5.74, 6) is -2.38. The highest BCUT2D eigenvalue weighted by Crippen LogP contribution is 2.45. The number of phosphoric ester groups is 2. The van der Waals surface area contributed by atoms with Crippen LogP contribution in [-0.4, -0.2) is 96.7 Å². The molecule has 3 N–H and O–H groups in total. The van der Waals surface area contributed by atoms with Gasteiger partial charge in [-0.3, -0.25) is 37.3 Å². The summed E-state index contributed by atoms with van der Waals surface area (Å²) >= 11 is 0. The van der Waals surface area contributed by atoms with Gasteiger partial charge in [0.2, 0.25) is 0 Å². The summed E-state index contributed by atoms with van der Waals surface area (Å²) in [6, 6.07) is 0. The second-order valence-corrected chi connectivity index (χ2v) is 17.3. The zero-order valence-corrected chi connectivity index (χ0v) is 37.3. The van der Waals surface area contributed by atoms with Crippen LogP contribution in [0.5, 0.6) is 0 Å². The number of phosphoric acid groups is 2.